The smallest absolute Gasteiger partial charge is 0.252 e. The zero-order chi connectivity index (χ0) is 16.9. The van der Waals surface area contributed by atoms with Crippen LogP contribution >= 0.6 is 23.1 Å². The normalized spacial score (nSPS) is 10.8. The quantitative estimate of drug-likeness (QED) is 0.675. The summed E-state index contributed by atoms with van der Waals surface area (Å²) in [6.45, 7) is 4.27. The molecule has 0 aliphatic carbocycles. The Labute approximate surface area is 148 Å². The number of thiazole rings is 1. The van der Waals surface area contributed by atoms with E-state index >= 15 is 0 Å². The molecule has 1 amide bonds. The molecule has 0 saturated heterocycles. The van der Waals surface area contributed by atoms with Crippen molar-refractivity contribution in [2.45, 2.75) is 31.0 Å². The molecule has 0 bridgehead atoms. The van der Waals surface area contributed by atoms with E-state index in [1.54, 1.807) is 23.1 Å². The summed E-state index contributed by atoms with van der Waals surface area (Å²) < 4.78 is 5.22. The number of nitrogens with zero attached hydrogens (tertiary/aromatic N) is 2. The van der Waals surface area contributed by atoms with Gasteiger partial charge in [0.1, 0.15) is 5.76 Å². The lowest BCUT2D eigenvalue weighted by molar-refractivity contribution is 0.0947. The third-order valence-corrected chi connectivity index (χ3v) is 5.19. The van der Waals surface area contributed by atoms with E-state index in [1.165, 1.54) is 0 Å². The van der Waals surface area contributed by atoms with Crippen molar-refractivity contribution < 1.29 is 9.32 Å². The third-order valence-electron chi connectivity index (χ3n) is 3.28. The number of thioether (sulfide) groups is 1. The van der Waals surface area contributed by atoms with Crippen molar-refractivity contribution in [1.82, 2.24) is 15.5 Å². The molecule has 0 saturated carbocycles. The Morgan fingerprint density at radius 1 is 1.33 bits per heavy atom. The molecule has 0 radical (unpaired) electrons. The highest BCUT2D eigenvalue weighted by Crippen LogP contribution is 2.26. The Kier molecular flexibility index (Phi) is 5.32. The first-order valence-electron chi connectivity index (χ1n) is 7.45. The van der Waals surface area contributed by atoms with Crippen LogP contribution in [0.2, 0.25) is 0 Å². The highest BCUT2D eigenvalue weighted by atomic mass is 32.2. The summed E-state index contributed by atoms with van der Waals surface area (Å²) in [7, 11) is 0. The number of rotatable bonds is 6. The molecule has 3 rings (SSSR count). The van der Waals surface area contributed by atoms with Gasteiger partial charge in [-0.3, -0.25) is 4.79 Å². The fourth-order valence-corrected chi connectivity index (χ4v) is 3.71. The average Bonchev–Trinajstić information content (AvgIpc) is 3.19. The Morgan fingerprint density at radius 3 is 2.88 bits per heavy atom. The maximum absolute atomic E-state index is 12.5. The van der Waals surface area contributed by atoms with Gasteiger partial charge in [0, 0.05) is 16.3 Å². The van der Waals surface area contributed by atoms with E-state index in [0.29, 0.717) is 17.9 Å². The molecule has 1 N–H and O–H groups in total. The topological polar surface area (TPSA) is 68.0 Å². The minimum absolute atomic E-state index is 0.0995. The summed E-state index contributed by atoms with van der Waals surface area (Å²) >= 11 is 3.14. The van der Waals surface area contributed by atoms with Gasteiger partial charge >= 0.3 is 0 Å². The highest BCUT2D eigenvalue weighted by Gasteiger charge is 2.12. The molecule has 24 heavy (non-hydrogen) atoms. The van der Waals surface area contributed by atoms with Crippen LogP contribution in [0.3, 0.4) is 0 Å². The van der Waals surface area contributed by atoms with Crippen LogP contribution in [0.25, 0.3) is 0 Å². The maximum Gasteiger partial charge on any atom is 0.252 e. The molecular weight excluding hydrogens is 342 g/mol. The molecule has 2 aromatic heterocycles. The third kappa shape index (κ3) is 4.24. The summed E-state index contributed by atoms with van der Waals surface area (Å²) in [6, 6.07) is 9.46. The molecule has 124 valence electrons. The Hall–Kier alpha value is -2.12. The summed E-state index contributed by atoms with van der Waals surface area (Å²) in [5.74, 6) is 1.33. The van der Waals surface area contributed by atoms with Crippen LogP contribution < -0.4 is 5.32 Å². The summed E-state index contributed by atoms with van der Waals surface area (Å²) in [5, 5.41) is 9.76. The number of benzene rings is 1. The summed E-state index contributed by atoms with van der Waals surface area (Å²) in [5.41, 5.74) is 2.40. The van der Waals surface area contributed by atoms with E-state index in [9.17, 15) is 4.79 Å². The van der Waals surface area contributed by atoms with Crippen molar-refractivity contribution in [3.63, 3.8) is 0 Å². The fraction of sp³-hybridized carbons (Fsp3) is 0.235. The molecule has 0 atom stereocenters. The first-order chi connectivity index (χ1) is 11.6. The Morgan fingerprint density at radius 2 is 2.17 bits per heavy atom. The van der Waals surface area contributed by atoms with E-state index in [1.807, 2.05) is 49.6 Å². The van der Waals surface area contributed by atoms with Crippen molar-refractivity contribution in [1.29, 1.82) is 0 Å². The van der Waals surface area contributed by atoms with Crippen molar-refractivity contribution in [2.75, 3.05) is 0 Å². The maximum atomic E-state index is 12.5. The van der Waals surface area contributed by atoms with Crippen molar-refractivity contribution in [2.24, 2.45) is 0 Å². The average molecular weight is 359 g/mol. The van der Waals surface area contributed by atoms with Gasteiger partial charge in [0.15, 0.2) is 0 Å². The van der Waals surface area contributed by atoms with Gasteiger partial charge in [0.25, 0.3) is 5.91 Å². The summed E-state index contributed by atoms with van der Waals surface area (Å²) in [6.07, 6.45) is 0. The standard InChI is InChI=1S/C17H17N3O2S2/c1-11-7-14(22-20-11)10-24-16-6-4-3-5-15(16)17(21)18-8-13-9-23-12(2)19-13/h3-7,9H,8,10H2,1-2H3,(H,18,21). The number of hydrogen-bond acceptors (Lipinski definition) is 6. The SMILES string of the molecule is Cc1cc(CSc2ccccc2C(=O)NCc2csc(C)n2)on1. The van der Waals surface area contributed by atoms with Gasteiger partial charge in [0.2, 0.25) is 0 Å². The van der Waals surface area contributed by atoms with E-state index in [4.69, 9.17) is 4.52 Å². The van der Waals surface area contributed by atoms with Crippen LogP contribution in [0, 0.1) is 13.8 Å². The van der Waals surface area contributed by atoms with Crippen molar-refractivity contribution in [3.05, 3.63) is 63.4 Å². The number of nitrogens with one attached hydrogen (secondary N) is 1. The van der Waals surface area contributed by atoms with E-state index in [-0.39, 0.29) is 5.91 Å². The van der Waals surface area contributed by atoms with Gasteiger partial charge in [-0.05, 0) is 26.0 Å². The van der Waals surface area contributed by atoms with Gasteiger partial charge in [-0.25, -0.2) is 4.98 Å². The number of carbonyl (C=O) groups is 1. The molecular formula is C17H17N3O2S2. The van der Waals surface area contributed by atoms with Crippen LogP contribution in [-0.4, -0.2) is 16.0 Å². The van der Waals surface area contributed by atoms with E-state index in [0.717, 1.165) is 27.1 Å². The van der Waals surface area contributed by atoms with Gasteiger partial charge in [0.05, 0.1) is 34.3 Å². The largest absolute Gasteiger partial charge is 0.360 e. The van der Waals surface area contributed by atoms with Crippen molar-refractivity contribution >= 4 is 29.0 Å². The Bertz CT molecular complexity index is 842. The van der Waals surface area contributed by atoms with Crippen LogP contribution in [-0.2, 0) is 12.3 Å². The molecule has 3 aromatic rings. The molecule has 7 heteroatoms. The second-order valence-electron chi connectivity index (χ2n) is 5.26. The second kappa shape index (κ2) is 7.63. The predicted molar refractivity (Wildman–Crippen MR) is 95.3 cm³/mol. The molecule has 0 fully saturated rings. The molecule has 5 nitrogen and oxygen atoms in total. The zero-order valence-corrected chi connectivity index (χ0v) is 15.0. The van der Waals surface area contributed by atoms with Crippen molar-refractivity contribution in [3.8, 4) is 0 Å². The first-order valence-corrected chi connectivity index (χ1v) is 9.31. The molecule has 2 heterocycles. The zero-order valence-electron chi connectivity index (χ0n) is 13.4. The van der Waals surface area contributed by atoms with Crippen LogP contribution in [0.15, 0.2) is 45.1 Å². The number of aromatic nitrogens is 2. The molecule has 0 unspecified atom stereocenters. The lowest BCUT2D eigenvalue weighted by Gasteiger charge is -2.08. The number of carbonyl (C=O) groups excluding carboxylic acids is 1. The molecule has 0 aliphatic rings. The minimum Gasteiger partial charge on any atom is -0.360 e. The Balaban J connectivity index is 1.65. The predicted octanol–water partition coefficient (Wildman–Crippen LogP) is 3.97. The molecule has 0 spiro atoms. The minimum atomic E-state index is -0.0995. The van der Waals surface area contributed by atoms with Gasteiger partial charge in [-0.15, -0.1) is 23.1 Å². The van der Waals surface area contributed by atoms with Gasteiger partial charge < -0.3 is 9.84 Å². The molecule has 1 aromatic carbocycles. The lowest BCUT2D eigenvalue weighted by atomic mass is 10.2. The van der Waals surface area contributed by atoms with Gasteiger partial charge in [-0.2, -0.15) is 0 Å². The first kappa shape index (κ1) is 16.7. The molecule has 0 aliphatic heterocycles. The highest BCUT2D eigenvalue weighted by molar-refractivity contribution is 7.98. The number of hydrogen-bond donors (Lipinski definition) is 1. The summed E-state index contributed by atoms with van der Waals surface area (Å²) in [4.78, 5) is 17.7. The van der Waals surface area contributed by atoms with Crippen LogP contribution in [0.5, 0.6) is 0 Å². The second-order valence-corrected chi connectivity index (χ2v) is 7.34. The lowest BCUT2D eigenvalue weighted by Crippen LogP contribution is -2.23. The van der Waals surface area contributed by atoms with Crippen LogP contribution in [0.4, 0.5) is 0 Å². The monoisotopic (exact) mass is 359 g/mol. The van der Waals surface area contributed by atoms with E-state index in [2.05, 4.69) is 15.5 Å². The fourth-order valence-electron chi connectivity index (χ4n) is 2.17. The van der Waals surface area contributed by atoms with Gasteiger partial charge in [-0.1, -0.05) is 17.3 Å². The van der Waals surface area contributed by atoms with E-state index < -0.39 is 0 Å². The number of amides is 1. The number of aryl methyl sites for hydroxylation is 2. The van der Waals surface area contributed by atoms with Crippen LogP contribution in [0.1, 0.15) is 32.5 Å².